The molecule has 1 saturated carbocycles. The van der Waals surface area contributed by atoms with Crippen molar-refractivity contribution in [2.24, 2.45) is 5.92 Å². The van der Waals surface area contributed by atoms with Crippen molar-refractivity contribution < 1.29 is 14.0 Å². The quantitative estimate of drug-likeness (QED) is 0.716. The second kappa shape index (κ2) is 8.21. The molecule has 5 rings (SSSR count). The number of hydrogen-bond acceptors (Lipinski definition) is 4. The zero-order valence-electron chi connectivity index (χ0n) is 19.7. The Balaban J connectivity index is 1.31. The minimum Gasteiger partial charge on any atom is -0.339 e. The van der Waals surface area contributed by atoms with E-state index in [4.69, 9.17) is 0 Å². The largest absolute Gasteiger partial charge is 0.339 e. The highest BCUT2D eigenvalue weighted by atomic mass is 19.1. The lowest BCUT2D eigenvalue weighted by Crippen LogP contribution is -2.50. The van der Waals surface area contributed by atoms with E-state index in [1.807, 2.05) is 38.1 Å². The van der Waals surface area contributed by atoms with E-state index >= 15 is 4.39 Å². The highest BCUT2D eigenvalue weighted by molar-refractivity contribution is 6.07. The molecule has 0 radical (unpaired) electrons. The van der Waals surface area contributed by atoms with Gasteiger partial charge in [-0.2, -0.15) is 5.26 Å². The third kappa shape index (κ3) is 3.67. The highest BCUT2D eigenvalue weighted by Crippen LogP contribution is 2.42. The van der Waals surface area contributed by atoms with Gasteiger partial charge in [-0.15, -0.1) is 0 Å². The topological polar surface area (TPSA) is 85.2 Å². The van der Waals surface area contributed by atoms with E-state index in [1.54, 1.807) is 18.0 Å². The number of amides is 2. The normalized spacial score (nSPS) is 25.2. The summed E-state index contributed by atoms with van der Waals surface area (Å²) >= 11 is 0. The number of carbonyl (C=O) groups is 2. The maximum Gasteiger partial charge on any atom is 0.238 e. The summed E-state index contributed by atoms with van der Waals surface area (Å²) in [6.07, 6.45) is 3.25. The van der Waals surface area contributed by atoms with Crippen LogP contribution in [0, 0.1) is 23.1 Å². The molecule has 2 aromatic carbocycles. The lowest BCUT2D eigenvalue weighted by Gasteiger charge is -2.23. The molecule has 0 unspecified atom stereocenters. The van der Waals surface area contributed by atoms with Crippen molar-refractivity contribution in [1.29, 1.82) is 5.26 Å². The Kier molecular flexibility index (Phi) is 5.44. The molecule has 3 aliphatic rings. The van der Waals surface area contributed by atoms with Crippen LogP contribution in [0.4, 0.5) is 10.1 Å². The maximum absolute atomic E-state index is 15.0. The summed E-state index contributed by atoms with van der Waals surface area (Å²) < 4.78 is 15.0. The molecule has 2 fully saturated rings. The SMILES string of the molecule is CN1C(=O)C(C)(C)c2ccc(-c3ccc(C[C@@H](C#N)NC(=O)[C@H]4N[C@@H]5CC[C@H]4C5)c(F)c3)cc21. The number of nitriles is 1. The fraction of sp³-hybridized carbons (Fsp3) is 0.444. The summed E-state index contributed by atoms with van der Waals surface area (Å²) in [5, 5.41) is 15.7. The minimum absolute atomic E-state index is 0.0337. The molecule has 1 saturated heterocycles. The fourth-order valence-corrected chi connectivity index (χ4v) is 5.81. The van der Waals surface area contributed by atoms with Gasteiger partial charge in [0.15, 0.2) is 0 Å². The molecule has 2 heterocycles. The Morgan fingerprint density at radius 1 is 1.26 bits per heavy atom. The number of hydrogen-bond donors (Lipinski definition) is 2. The van der Waals surface area contributed by atoms with Crippen molar-refractivity contribution in [2.45, 2.75) is 63.1 Å². The summed E-state index contributed by atoms with van der Waals surface area (Å²) in [4.78, 5) is 26.9. The molecule has 0 spiro atoms. The Morgan fingerprint density at radius 2 is 2.00 bits per heavy atom. The van der Waals surface area contributed by atoms with Crippen LogP contribution in [0.25, 0.3) is 11.1 Å². The van der Waals surface area contributed by atoms with Crippen LogP contribution in [-0.2, 0) is 21.4 Å². The average Bonchev–Trinajstić information content (AvgIpc) is 3.50. The Labute approximate surface area is 199 Å². The standard InChI is InChI=1S/C27H29FN4O2/c1-27(2)21-9-7-16(13-23(21)32(3)26(27)34)15-4-5-17(22(28)12-15)10-20(14-29)31-25(33)24-18-6-8-19(11-18)30-24/h4-5,7,9,12-13,18-20,24,30H,6,8,10-11H2,1-3H3,(H,31,33)/t18-,19+,20-,24-/m0/s1. The summed E-state index contributed by atoms with van der Waals surface area (Å²) in [6, 6.07) is 12.1. The molecule has 1 aliphatic carbocycles. The third-order valence-corrected chi connectivity index (χ3v) is 7.80. The number of likely N-dealkylation sites (N-methyl/N-ethyl adjacent to an activating group) is 1. The number of anilines is 1. The summed E-state index contributed by atoms with van der Waals surface area (Å²) in [6.45, 7) is 3.81. The van der Waals surface area contributed by atoms with E-state index in [2.05, 4.69) is 16.7 Å². The van der Waals surface area contributed by atoms with Crippen LogP contribution >= 0.6 is 0 Å². The molecule has 2 aromatic rings. The van der Waals surface area contributed by atoms with Gasteiger partial charge in [-0.1, -0.05) is 24.3 Å². The zero-order valence-corrected chi connectivity index (χ0v) is 19.7. The minimum atomic E-state index is -0.796. The Hall–Kier alpha value is -3.24. The van der Waals surface area contributed by atoms with Crippen LogP contribution in [0.2, 0.25) is 0 Å². The molecule has 2 aliphatic heterocycles. The second-order valence-corrected chi connectivity index (χ2v) is 10.3. The van der Waals surface area contributed by atoms with E-state index in [-0.39, 0.29) is 24.3 Å². The molecule has 176 valence electrons. The Morgan fingerprint density at radius 3 is 2.65 bits per heavy atom. The smallest absolute Gasteiger partial charge is 0.238 e. The number of halogens is 1. The van der Waals surface area contributed by atoms with Crippen LogP contribution in [0.3, 0.4) is 0 Å². The zero-order chi connectivity index (χ0) is 24.2. The van der Waals surface area contributed by atoms with Crippen molar-refractivity contribution in [1.82, 2.24) is 10.6 Å². The van der Waals surface area contributed by atoms with Crippen LogP contribution in [0.1, 0.15) is 44.2 Å². The lowest BCUT2D eigenvalue weighted by molar-refractivity contribution is -0.124. The van der Waals surface area contributed by atoms with Crippen molar-refractivity contribution in [3.8, 4) is 17.2 Å². The number of rotatable bonds is 5. The summed E-state index contributed by atoms with van der Waals surface area (Å²) in [7, 11) is 1.76. The van der Waals surface area contributed by atoms with E-state index in [0.29, 0.717) is 23.1 Å². The average molecular weight is 461 g/mol. The van der Waals surface area contributed by atoms with E-state index in [9.17, 15) is 14.9 Å². The van der Waals surface area contributed by atoms with Gasteiger partial charge in [-0.25, -0.2) is 4.39 Å². The molecule has 2 amide bonds. The predicted molar refractivity (Wildman–Crippen MR) is 128 cm³/mol. The van der Waals surface area contributed by atoms with E-state index in [0.717, 1.165) is 36.1 Å². The van der Waals surface area contributed by atoms with Crippen molar-refractivity contribution >= 4 is 17.5 Å². The fourth-order valence-electron chi connectivity index (χ4n) is 5.81. The molecule has 7 heteroatoms. The first-order valence-corrected chi connectivity index (χ1v) is 11.9. The second-order valence-electron chi connectivity index (χ2n) is 10.3. The Bertz CT molecular complexity index is 1220. The van der Waals surface area contributed by atoms with Gasteiger partial charge in [0, 0.05) is 25.2 Å². The molecular weight excluding hydrogens is 431 g/mol. The number of carbonyl (C=O) groups excluding carboxylic acids is 2. The molecule has 4 atom stereocenters. The van der Waals surface area contributed by atoms with E-state index < -0.39 is 17.3 Å². The number of piperidine rings is 1. The first-order chi connectivity index (χ1) is 16.2. The van der Waals surface area contributed by atoms with Crippen LogP contribution in [-0.4, -0.2) is 37.0 Å². The monoisotopic (exact) mass is 460 g/mol. The maximum atomic E-state index is 15.0. The van der Waals surface area contributed by atoms with Gasteiger partial charge in [0.1, 0.15) is 11.9 Å². The van der Waals surface area contributed by atoms with Gasteiger partial charge in [0.25, 0.3) is 0 Å². The van der Waals surface area contributed by atoms with Crippen molar-refractivity contribution in [2.75, 3.05) is 11.9 Å². The van der Waals surface area contributed by atoms with Crippen LogP contribution in [0.5, 0.6) is 0 Å². The summed E-state index contributed by atoms with van der Waals surface area (Å²) in [5.41, 5.74) is 3.09. The van der Waals surface area contributed by atoms with Gasteiger partial charge >= 0.3 is 0 Å². The first kappa shape index (κ1) is 22.5. The number of benzene rings is 2. The number of nitrogens with one attached hydrogen (secondary N) is 2. The number of nitrogens with zero attached hydrogens (tertiary/aromatic N) is 2. The summed E-state index contributed by atoms with van der Waals surface area (Å²) in [5.74, 6) is -0.232. The predicted octanol–water partition coefficient (Wildman–Crippen LogP) is 3.44. The molecule has 6 nitrogen and oxygen atoms in total. The van der Waals surface area contributed by atoms with Gasteiger partial charge in [-0.3, -0.25) is 9.59 Å². The van der Waals surface area contributed by atoms with Crippen LogP contribution in [0.15, 0.2) is 36.4 Å². The van der Waals surface area contributed by atoms with Crippen molar-refractivity contribution in [3.63, 3.8) is 0 Å². The lowest BCUT2D eigenvalue weighted by atomic mass is 9.85. The van der Waals surface area contributed by atoms with E-state index in [1.165, 1.54) is 6.07 Å². The molecule has 34 heavy (non-hydrogen) atoms. The molecular formula is C27H29FN4O2. The highest BCUT2D eigenvalue weighted by Gasteiger charge is 2.43. The van der Waals surface area contributed by atoms with Gasteiger partial charge < -0.3 is 15.5 Å². The van der Waals surface area contributed by atoms with Gasteiger partial charge in [0.2, 0.25) is 11.8 Å². The van der Waals surface area contributed by atoms with Crippen molar-refractivity contribution in [3.05, 3.63) is 53.3 Å². The van der Waals surface area contributed by atoms with Gasteiger partial charge in [0.05, 0.1) is 17.5 Å². The van der Waals surface area contributed by atoms with Gasteiger partial charge in [-0.05, 0) is 73.4 Å². The first-order valence-electron chi connectivity index (χ1n) is 11.9. The molecule has 0 aromatic heterocycles. The molecule has 2 N–H and O–H groups in total. The van der Waals surface area contributed by atoms with Crippen LogP contribution < -0.4 is 15.5 Å². The number of fused-ring (bicyclic) bond motifs is 3. The third-order valence-electron chi connectivity index (χ3n) is 7.80. The molecule has 2 bridgehead atoms.